The maximum atomic E-state index is 10.6. The number of imidazole rings is 1. The molecule has 0 radical (unpaired) electrons. The Labute approximate surface area is 87.9 Å². The Bertz CT molecular complexity index is 274. The van der Waals surface area contributed by atoms with E-state index in [9.17, 15) is 4.79 Å². The fourth-order valence-electron chi connectivity index (χ4n) is 1.04. The zero-order chi connectivity index (χ0) is 10.4. The van der Waals surface area contributed by atoms with Gasteiger partial charge in [0.05, 0.1) is 6.33 Å². The van der Waals surface area contributed by atoms with Crippen LogP contribution in [0.2, 0.25) is 0 Å². The van der Waals surface area contributed by atoms with E-state index in [4.69, 9.17) is 0 Å². The van der Waals surface area contributed by atoms with E-state index in [1.165, 1.54) is 6.92 Å². The Morgan fingerprint density at radius 3 is 3.14 bits per heavy atom. The van der Waals surface area contributed by atoms with Crippen LogP contribution in [0, 0.1) is 0 Å². The number of carbonyl (C=O) groups excluding carboxylic acids is 1. The number of hydrogen-bond donors (Lipinski definition) is 2. The van der Waals surface area contributed by atoms with Crippen molar-refractivity contribution in [2.45, 2.75) is 19.1 Å². The molecule has 1 atom stereocenters. The molecule has 0 aliphatic heterocycles. The average Bonchev–Trinajstić information content (AvgIpc) is 2.64. The zero-order valence-electron chi connectivity index (χ0n) is 8.41. The SMILES string of the molecule is CC(=O)NCCSC(C)c1cnc[nH]1. The number of hydrogen-bond acceptors (Lipinski definition) is 3. The molecule has 4 nitrogen and oxygen atoms in total. The van der Waals surface area contributed by atoms with E-state index < -0.39 is 0 Å². The van der Waals surface area contributed by atoms with Gasteiger partial charge in [-0.3, -0.25) is 4.79 Å². The average molecular weight is 213 g/mol. The lowest BCUT2D eigenvalue weighted by Gasteiger charge is -2.08. The maximum Gasteiger partial charge on any atom is 0.216 e. The van der Waals surface area contributed by atoms with E-state index in [1.807, 2.05) is 6.20 Å². The van der Waals surface area contributed by atoms with Gasteiger partial charge in [0.25, 0.3) is 0 Å². The molecular weight excluding hydrogens is 198 g/mol. The van der Waals surface area contributed by atoms with Gasteiger partial charge >= 0.3 is 0 Å². The van der Waals surface area contributed by atoms with Crippen LogP contribution in [0.4, 0.5) is 0 Å². The largest absolute Gasteiger partial charge is 0.356 e. The summed E-state index contributed by atoms with van der Waals surface area (Å²) in [6.07, 6.45) is 3.51. The molecule has 2 N–H and O–H groups in total. The van der Waals surface area contributed by atoms with Crippen LogP contribution in [0.25, 0.3) is 0 Å². The van der Waals surface area contributed by atoms with Gasteiger partial charge in [0, 0.05) is 36.4 Å². The van der Waals surface area contributed by atoms with Crippen molar-refractivity contribution >= 4 is 17.7 Å². The molecule has 0 spiro atoms. The van der Waals surface area contributed by atoms with Crippen molar-refractivity contribution in [1.82, 2.24) is 15.3 Å². The second-order valence-electron chi connectivity index (χ2n) is 3.00. The number of rotatable bonds is 5. The lowest BCUT2D eigenvalue weighted by atomic mass is 10.4. The maximum absolute atomic E-state index is 10.6. The van der Waals surface area contributed by atoms with Crippen molar-refractivity contribution in [2.75, 3.05) is 12.3 Å². The third kappa shape index (κ3) is 3.83. The van der Waals surface area contributed by atoms with E-state index in [-0.39, 0.29) is 5.91 Å². The normalized spacial score (nSPS) is 12.4. The molecule has 0 saturated heterocycles. The Kier molecular flexibility index (Phi) is 4.52. The molecule has 0 aromatic carbocycles. The summed E-state index contributed by atoms with van der Waals surface area (Å²) in [7, 11) is 0. The number of carbonyl (C=O) groups is 1. The molecule has 1 rings (SSSR count). The summed E-state index contributed by atoms with van der Waals surface area (Å²) in [5, 5.41) is 3.16. The molecule has 0 saturated carbocycles. The van der Waals surface area contributed by atoms with Crippen molar-refractivity contribution in [2.24, 2.45) is 0 Å². The predicted octanol–water partition coefficient (Wildman–Crippen LogP) is 1.34. The highest BCUT2D eigenvalue weighted by Crippen LogP contribution is 2.25. The molecule has 1 unspecified atom stereocenters. The fourth-order valence-corrected chi connectivity index (χ4v) is 1.92. The summed E-state index contributed by atoms with van der Waals surface area (Å²) in [6.45, 7) is 4.37. The third-order valence-corrected chi connectivity index (χ3v) is 2.99. The second-order valence-corrected chi connectivity index (χ2v) is 4.45. The summed E-state index contributed by atoms with van der Waals surface area (Å²) in [4.78, 5) is 17.6. The van der Waals surface area contributed by atoms with E-state index >= 15 is 0 Å². The predicted molar refractivity (Wildman–Crippen MR) is 58.1 cm³/mol. The highest BCUT2D eigenvalue weighted by atomic mass is 32.2. The summed E-state index contributed by atoms with van der Waals surface area (Å²) >= 11 is 1.79. The Hall–Kier alpha value is -0.970. The van der Waals surface area contributed by atoms with Gasteiger partial charge in [0.2, 0.25) is 5.91 Å². The first-order valence-electron chi connectivity index (χ1n) is 4.54. The number of aromatic nitrogens is 2. The van der Waals surface area contributed by atoms with Crippen molar-refractivity contribution in [3.05, 3.63) is 18.2 Å². The molecular formula is C9H15N3OS. The summed E-state index contributed by atoms with van der Waals surface area (Å²) < 4.78 is 0. The number of thioether (sulfide) groups is 1. The molecule has 1 aromatic heterocycles. The van der Waals surface area contributed by atoms with Crippen molar-refractivity contribution < 1.29 is 4.79 Å². The standard InChI is InChI=1S/C9H15N3OS/c1-7(9-5-10-6-12-9)14-4-3-11-8(2)13/h5-7H,3-4H2,1-2H3,(H,10,12)(H,11,13). The monoisotopic (exact) mass is 213 g/mol. The smallest absolute Gasteiger partial charge is 0.216 e. The molecule has 0 aliphatic carbocycles. The molecule has 0 bridgehead atoms. The molecule has 1 aromatic rings. The van der Waals surface area contributed by atoms with Gasteiger partial charge < -0.3 is 10.3 Å². The number of nitrogens with zero attached hydrogens (tertiary/aromatic N) is 1. The summed E-state index contributed by atoms with van der Waals surface area (Å²) in [5.74, 6) is 0.944. The molecule has 1 heterocycles. The minimum absolute atomic E-state index is 0.0276. The van der Waals surface area contributed by atoms with Crippen LogP contribution in [-0.4, -0.2) is 28.2 Å². The van der Waals surface area contributed by atoms with Gasteiger partial charge in [0.15, 0.2) is 0 Å². The van der Waals surface area contributed by atoms with E-state index in [1.54, 1.807) is 18.1 Å². The van der Waals surface area contributed by atoms with Crippen LogP contribution < -0.4 is 5.32 Å². The lowest BCUT2D eigenvalue weighted by molar-refractivity contribution is -0.118. The molecule has 0 fully saturated rings. The molecule has 1 amide bonds. The van der Waals surface area contributed by atoms with E-state index in [0.29, 0.717) is 5.25 Å². The molecule has 14 heavy (non-hydrogen) atoms. The van der Waals surface area contributed by atoms with Crippen LogP contribution >= 0.6 is 11.8 Å². The van der Waals surface area contributed by atoms with Gasteiger partial charge in [-0.15, -0.1) is 0 Å². The van der Waals surface area contributed by atoms with Gasteiger partial charge in [-0.05, 0) is 6.92 Å². The minimum atomic E-state index is 0.0276. The van der Waals surface area contributed by atoms with Crippen LogP contribution in [0.1, 0.15) is 24.8 Å². The van der Waals surface area contributed by atoms with E-state index in [2.05, 4.69) is 22.2 Å². The Morgan fingerprint density at radius 1 is 1.79 bits per heavy atom. The topological polar surface area (TPSA) is 57.8 Å². The molecule has 0 aliphatic rings. The van der Waals surface area contributed by atoms with Gasteiger partial charge in [0.1, 0.15) is 0 Å². The van der Waals surface area contributed by atoms with Crippen molar-refractivity contribution in [3.63, 3.8) is 0 Å². The minimum Gasteiger partial charge on any atom is -0.356 e. The molecule has 78 valence electrons. The molecule has 5 heteroatoms. The Morgan fingerprint density at radius 2 is 2.57 bits per heavy atom. The first-order chi connectivity index (χ1) is 6.70. The Balaban J connectivity index is 2.16. The van der Waals surface area contributed by atoms with Gasteiger partial charge in [-0.25, -0.2) is 4.98 Å². The van der Waals surface area contributed by atoms with Gasteiger partial charge in [-0.1, -0.05) is 0 Å². The lowest BCUT2D eigenvalue weighted by Crippen LogP contribution is -2.22. The number of aromatic amines is 1. The fraction of sp³-hybridized carbons (Fsp3) is 0.556. The van der Waals surface area contributed by atoms with Crippen LogP contribution in [-0.2, 0) is 4.79 Å². The zero-order valence-corrected chi connectivity index (χ0v) is 9.23. The van der Waals surface area contributed by atoms with Crippen LogP contribution in [0.3, 0.4) is 0 Å². The summed E-state index contributed by atoms with van der Waals surface area (Å²) in [6, 6.07) is 0. The first-order valence-corrected chi connectivity index (χ1v) is 5.59. The number of H-pyrrole nitrogens is 1. The summed E-state index contributed by atoms with van der Waals surface area (Å²) in [5.41, 5.74) is 1.12. The third-order valence-electron chi connectivity index (χ3n) is 1.80. The second kappa shape index (κ2) is 5.70. The number of amides is 1. The quantitative estimate of drug-likeness (QED) is 0.726. The highest BCUT2D eigenvalue weighted by Gasteiger charge is 2.06. The van der Waals surface area contributed by atoms with Crippen LogP contribution in [0.15, 0.2) is 12.5 Å². The highest BCUT2D eigenvalue weighted by molar-refractivity contribution is 7.99. The van der Waals surface area contributed by atoms with Gasteiger partial charge in [-0.2, -0.15) is 11.8 Å². The van der Waals surface area contributed by atoms with Crippen LogP contribution in [0.5, 0.6) is 0 Å². The number of nitrogens with one attached hydrogen (secondary N) is 2. The van der Waals surface area contributed by atoms with Crippen molar-refractivity contribution in [1.29, 1.82) is 0 Å². The first kappa shape index (κ1) is 11.1. The van der Waals surface area contributed by atoms with Crippen molar-refractivity contribution in [3.8, 4) is 0 Å². The van der Waals surface area contributed by atoms with E-state index in [0.717, 1.165) is 18.0 Å².